The summed E-state index contributed by atoms with van der Waals surface area (Å²) >= 11 is 0. The van der Waals surface area contributed by atoms with E-state index in [1.165, 1.54) is 6.07 Å². The van der Waals surface area contributed by atoms with E-state index in [-0.39, 0.29) is 18.9 Å². The summed E-state index contributed by atoms with van der Waals surface area (Å²) in [5, 5.41) is 12.7. The molecule has 1 heterocycles. The van der Waals surface area contributed by atoms with Gasteiger partial charge in [-0.05, 0) is 26.0 Å². The van der Waals surface area contributed by atoms with Crippen LogP contribution < -0.4 is 5.32 Å². The molecule has 29 heavy (non-hydrogen) atoms. The third-order valence-electron chi connectivity index (χ3n) is 4.07. The number of carboxylic acids is 1. The lowest BCUT2D eigenvalue weighted by molar-refractivity contribution is -0.159. The van der Waals surface area contributed by atoms with E-state index in [4.69, 9.17) is 9.47 Å². The Morgan fingerprint density at radius 1 is 1.03 bits per heavy atom. The Balaban J connectivity index is 2.27. The molecule has 1 amide bonds. The van der Waals surface area contributed by atoms with Crippen LogP contribution in [0.2, 0.25) is 0 Å². The van der Waals surface area contributed by atoms with Gasteiger partial charge in [0.05, 0.1) is 31.1 Å². The number of fused-ring (bicyclic) bond motifs is 1. The van der Waals surface area contributed by atoms with E-state index in [9.17, 15) is 24.3 Å². The van der Waals surface area contributed by atoms with Crippen LogP contribution in [0.1, 0.15) is 30.8 Å². The number of ether oxygens (including phenoxy) is 2. The number of nitrogens with one attached hydrogen (secondary N) is 1. The van der Waals surface area contributed by atoms with Crippen molar-refractivity contribution in [1.82, 2.24) is 10.3 Å². The average molecular weight is 402 g/mol. The van der Waals surface area contributed by atoms with E-state index < -0.39 is 42.2 Å². The van der Waals surface area contributed by atoms with Crippen LogP contribution >= 0.6 is 0 Å². The normalized spacial score (nSPS) is 12.6. The Morgan fingerprint density at radius 3 is 2.38 bits per heavy atom. The summed E-state index contributed by atoms with van der Waals surface area (Å²) in [6.45, 7) is 3.19. The molecule has 0 radical (unpaired) electrons. The maximum absolute atomic E-state index is 12.6. The van der Waals surface area contributed by atoms with Gasteiger partial charge in [0.1, 0.15) is 11.7 Å². The fourth-order valence-corrected chi connectivity index (χ4v) is 2.73. The van der Waals surface area contributed by atoms with Gasteiger partial charge in [0.15, 0.2) is 0 Å². The molecule has 9 heteroatoms. The topological polar surface area (TPSA) is 132 Å². The molecule has 0 aliphatic carbocycles. The van der Waals surface area contributed by atoms with Crippen LogP contribution in [0.4, 0.5) is 0 Å². The first kappa shape index (κ1) is 21.8. The number of carboxylic acid groups (broad SMARTS) is 1. The highest BCUT2D eigenvalue weighted by molar-refractivity contribution is 5.98. The first-order valence-electron chi connectivity index (χ1n) is 9.09. The Morgan fingerprint density at radius 2 is 1.72 bits per heavy atom. The Hall–Kier alpha value is -3.49. The summed E-state index contributed by atoms with van der Waals surface area (Å²) in [6, 6.07) is 8.54. The summed E-state index contributed by atoms with van der Waals surface area (Å²) in [6.07, 6.45) is -0.547. The van der Waals surface area contributed by atoms with E-state index in [2.05, 4.69) is 10.3 Å². The number of hydrogen-bond donors (Lipinski definition) is 2. The van der Waals surface area contributed by atoms with Gasteiger partial charge in [-0.15, -0.1) is 0 Å². The molecule has 0 unspecified atom stereocenters. The highest BCUT2D eigenvalue weighted by Gasteiger charge is 2.38. The van der Waals surface area contributed by atoms with E-state index in [1.807, 2.05) is 12.1 Å². The maximum Gasteiger partial charge on any atom is 0.327 e. The van der Waals surface area contributed by atoms with Crippen LogP contribution in [0, 0.1) is 5.92 Å². The Kier molecular flexibility index (Phi) is 7.64. The zero-order valence-corrected chi connectivity index (χ0v) is 16.1. The average Bonchev–Trinajstić information content (AvgIpc) is 2.70. The number of amides is 1. The lowest BCUT2D eigenvalue weighted by atomic mass is 9.95. The van der Waals surface area contributed by atoms with Gasteiger partial charge >= 0.3 is 17.9 Å². The third kappa shape index (κ3) is 5.74. The Bertz CT molecular complexity index is 913. The van der Waals surface area contributed by atoms with Gasteiger partial charge in [-0.1, -0.05) is 24.3 Å². The van der Waals surface area contributed by atoms with Gasteiger partial charge in [0.2, 0.25) is 0 Å². The van der Waals surface area contributed by atoms with Crippen molar-refractivity contribution in [3.63, 3.8) is 0 Å². The molecule has 2 rings (SSSR count). The number of nitrogens with zero attached hydrogens (tertiary/aromatic N) is 1. The minimum atomic E-state index is -1.70. The molecule has 0 saturated heterocycles. The summed E-state index contributed by atoms with van der Waals surface area (Å²) in [5.74, 6) is -5.41. The van der Waals surface area contributed by atoms with Crippen molar-refractivity contribution < 1.29 is 33.8 Å². The van der Waals surface area contributed by atoms with Crippen molar-refractivity contribution in [2.24, 2.45) is 5.92 Å². The van der Waals surface area contributed by atoms with Crippen molar-refractivity contribution in [3.8, 4) is 0 Å². The Labute approximate surface area is 167 Å². The van der Waals surface area contributed by atoms with E-state index >= 15 is 0 Å². The van der Waals surface area contributed by atoms with Crippen LogP contribution in [0.3, 0.4) is 0 Å². The monoisotopic (exact) mass is 402 g/mol. The molecule has 2 aromatic rings. The number of carbonyl (C=O) groups is 4. The highest BCUT2D eigenvalue weighted by atomic mass is 16.5. The van der Waals surface area contributed by atoms with Gasteiger partial charge in [-0.3, -0.25) is 14.4 Å². The molecule has 154 valence electrons. The molecule has 0 fully saturated rings. The second kappa shape index (κ2) is 10.2. The zero-order valence-electron chi connectivity index (χ0n) is 16.1. The fraction of sp³-hybridized carbons (Fsp3) is 0.350. The largest absolute Gasteiger partial charge is 0.480 e. The first-order chi connectivity index (χ1) is 13.9. The number of pyridine rings is 1. The number of para-hydroxylation sites is 1. The lowest BCUT2D eigenvalue weighted by Crippen LogP contribution is -2.50. The summed E-state index contributed by atoms with van der Waals surface area (Å²) in [5.41, 5.74) is 0.536. The summed E-state index contributed by atoms with van der Waals surface area (Å²) in [4.78, 5) is 52.7. The molecular weight excluding hydrogens is 380 g/mol. The molecule has 1 aromatic heterocycles. The van der Waals surface area contributed by atoms with Crippen molar-refractivity contribution in [1.29, 1.82) is 0 Å². The van der Waals surface area contributed by atoms with Crippen LogP contribution in [0.5, 0.6) is 0 Å². The first-order valence-corrected chi connectivity index (χ1v) is 9.09. The molecule has 0 aliphatic rings. The van der Waals surface area contributed by atoms with Gasteiger partial charge in [-0.2, -0.15) is 0 Å². The molecule has 0 spiro atoms. The molecule has 0 bridgehead atoms. The van der Waals surface area contributed by atoms with E-state index in [1.54, 1.807) is 32.0 Å². The van der Waals surface area contributed by atoms with Crippen LogP contribution in [-0.4, -0.2) is 53.2 Å². The third-order valence-corrected chi connectivity index (χ3v) is 4.07. The van der Waals surface area contributed by atoms with E-state index in [0.29, 0.717) is 5.52 Å². The second-order valence-corrected chi connectivity index (χ2v) is 6.05. The number of carbonyl (C=O) groups excluding carboxylic acids is 3. The summed E-state index contributed by atoms with van der Waals surface area (Å²) < 4.78 is 9.69. The minimum Gasteiger partial charge on any atom is -0.480 e. The second-order valence-electron chi connectivity index (χ2n) is 6.05. The summed E-state index contributed by atoms with van der Waals surface area (Å²) in [7, 11) is 0. The smallest absolute Gasteiger partial charge is 0.327 e. The number of rotatable bonds is 9. The molecule has 0 aliphatic heterocycles. The number of aliphatic carboxylic acids is 1. The quantitative estimate of drug-likeness (QED) is 0.604. The van der Waals surface area contributed by atoms with Crippen LogP contribution in [0.25, 0.3) is 10.9 Å². The fourth-order valence-electron chi connectivity index (χ4n) is 2.73. The molecule has 1 aromatic carbocycles. The highest BCUT2D eigenvalue weighted by Crippen LogP contribution is 2.16. The molecule has 2 atom stereocenters. The van der Waals surface area contributed by atoms with Crippen molar-refractivity contribution in [3.05, 3.63) is 42.1 Å². The van der Waals surface area contributed by atoms with Gasteiger partial charge in [0, 0.05) is 5.39 Å². The van der Waals surface area contributed by atoms with Crippen molar-refractivity contribution >= 4 is 34.7 Å². The molecular formula is C20H22N2O7. The van der Waals surface area contributed by atoms with Gasteiger partial charge in [-0.25, -0.2) is 9.78 Å². The predicted molar refractivity (Wildman–Crippen MR) is 102 cm³/mol. The number of hydrogen-bond acceptors (Lipinski definition) is 7. The molecule has 0 saturated carbocycles. The molecule has 2 N–H and O–H groups in total. The van der Waals surface area contributed by atoms with Gasteiger partial charge < -0.3 is 19.9 Å². The SMILES string of the molecule is CCOC(=O)C[C@H](C(=O)OCC)[C@@H](NC(=O)c1ccc2ccccc2n1)C(=O)O. The number of esters is 2. The number of aromatic nitrogens is 1. The maximum atomic E-state index is 12.6. The molecule has 9 nitrogen and oxygen atoms in total. The van der Waals surface area contributed by atoms with Crippen molar-refractivity contribution in [2.45, 2.75) is 26.3 Å². The lowest BCUT2D eigenvalue weighted by Gasteiger charge is -2.22. The van der Waals surface area contributed by atoms with Crippen molar-refractivity contribution in [2.75, 3.05) is 13.2 Å². The standard InChI is InChI=1S/C20H22N2O7/c1-3-28-16(23)11-13(20(27)29-4-2)17(19(25)26)22-18(24)15-10-9-12-7-5-6-8-14(12)21-15/h5-10,13,17H,3-4,11H2,1-2H3,(H,22,24)(H,25,26)/t13-,17+/m0/s1. The zero-order chi connectivity index (χ0) is 21.4. The van der Waals surface area contributed by atoms with Gasteiger partial charge in [0.25, 0.3) is 5.91 Å². The number of benzene rings is 1. The minimum absolute atomic E-state index is 0.00925. The van der Waals surface area contributed by atoms with Crippen LogP contribution in [-0.2, 0) is 23.9 Å². The van der Waals surface area contributed by atoms with E-state index in [0.717, 1.165) is 5.39 Å². The van der Waals surface area contributed by atoms with Crippen LogP contribution in [0.15, 0.2) is 36.4 Å². The predicted octanol–water partition coefficient (Wildman–Crippen LogP) is 1.55.